The van der Waals surface area contributed by atoms with Crippen LogP contribution < -0.4 is 5.32 Å². The monoisotopic (exact) mass is 341 g/mol. The second kappa shape index (κ2) is 7.93. The van der Waals surface area contributed by atoms with Crippen LogP contribution in [0.2, 0.25) is 5.02 Å². The standard InChI is InChI=1S/C20H20ClNS/c1-2-12-22-19-10-9-18-17(19)7-4-8-20(18)23-13-11-15-5-3-6-16(21)14-15/h1,3-8,14,19,22H,9-13H2. The zero-order valence-corrected chi connectivity index (χ0v) is 14.6. The van der Waals surface area contributed by atoms with Crippen LogP contribution in [-0.2, 0) is 12.8 Å². The van der Waals surface area contributed by atoms with Gasteiger partial charge < -0.3 is 0 Å². The lowest BCUT2D eigenvalue weighted by molar-refractivity contribution is 0.568. The maximum atomic E-state index is 6.05. The Labute approximate surface area is 147 Å². The van der Waals surface area contributed by atoms with Gasteiger partial charge in [-0.2, -0.15) is 0 Å². The number of aryl methyl sites for hydroxylation is 1. The van der Waals surface area contributed by atoms with Gasteiger partial charge in [0.25, 0.3) is 0 Å². The molecule has 0 bridgehead atoms. The zero-order chi connectivity index (χ0) is 16.1. The summed E-state index contributed by atoms with van der Waals surface area (Å²) in [5.41, 5.74) is 4.22. The fourth-order valence-electron chi connectivity index (χ4n) is 3.12. The Morgan fingerprint density at radius 2 is 2.13 bits per heavy atom. The summed E-state index contributed by atoms with van der Waals surface area (Å²) in [6, 6.07) is 15.2. The van der Waals surface area contributed by atoms with Crippen molar-refractivity contribution in [3.63, 3.8) is 0 Å². The molecule has 2 aromatic carbocycles. The molecule has 0 fully saturated rings. The van der Waals surface area contributed by atoms with Crippen molar-refractivity contribution in [2.24, 2.45) is 0 Å². The number of rotatable bonds is 6. The molecule has 1 unspecified atom stereocenters. The first kappa shape index (κ1) is 16.5. The fourth-order valence-corrected chi connectivity index (χ4v) is 4.46. The number of halogens is 1. The van der Waals surface area contributed by atoms with Gasteiger partial charge in [-0.3, -0.25) is 5.32 Å². The van der Waals surface area contributed by atoms with E-state index in [0.29, 0.717) is 12.6 Å². The third kappa shape index (κ3) is 4.12. The highest BCUT2D eigenvalue weighted by molar-refractivity contribution is 7.99. The number of benzene rings is 2. The molecule has 0 aromatic heterocycles. The van der Waals surface area contributed by atoms with Gasteiger partial charge in [-0.15, -0.1) is 18.2 Å². The summed E-state index contributed by atoms with van der Waals surface area (Å²) in [5.74, 6) is 3.74. The predicted octanol–water partition coefficient (Wildman–Crippen LogP) is 4.88. The van der Waals surface area contributed by atoms with E-state index in [1.807, 2.05) is 23.9 Å². The molecule has 0 saturated carbocycles. The molecule has 0 spiro atoms. The van der Waals surface area contributed by atoms with E-state index in [1.54, 1.807) is 0 Å². The zero-order valence-electron chi connectivity index (χ0n) is 13.0. The summed E-state index contributed by atoms with van der Waals surface area (Å²) < 4.78 is 0. The van der Waals surface area contributed by atoms with Crippen LogP contribution in [0.4, 0.5) is 0 Å². The molecule has 0 saturated heterocycles. The van der Waals surface area contributed by atoms with Crippen molar-refractivity contribution in [2.45, 2.75) is 30.2 Å². The molecule has 23 heavy (non-hydrogen) atoms. The largest absolute Gasteiger partial charge is 0.299 e. The Balaban J connectivity index is 1.63. The minimum atomic E-state index is 0.412. The molecule has 0 radical (unpaired) electrons. The number of hydrogen-bond donors (Lipinski definition) is 1. The molecule has 1 nitrogen and oxygen atoms in total. The van der Waals surface area contributed by atoms with Crippen molar-refractivity contribution in [1.82, 2.24) is 5.32 Å². The molecule has 2 aromatic rings. The van der Waals surface area contributed by atoms with E-state index in [4.69, 9.17) is 18.0 Å². The molecule has 0 heterocycles. The van der Waals surface area contributed by atoms with Gasteiger partial charge in [0.05, 0.1) is 6.54 Å². The van der Waals surface area contributed by atoms with Crippen LogP contribution in [0.25, 0.3) is 0 Å². The second-order valence-electron chi connectivity index (χ2n) is 5.73. The van der Waals surface area contributed by atoms with E-state index in [-0.39, 0.29) is 0 Å². The molecule has 118 valence electrons. The Morgan fingerprint density at radius 3 is 2.96 bits per heavy atom. The van der Waals surface area contributed by atoms with Crippen LogP contribution in [0.1, 0.15) is 29.2 Å². The highest BCUT2D eigenvalue weighted by Crippen LogP contribution is 2.37. The highest BCUT2D eigenvalue weighted by atomic mass is 35.5. The Morgan fingerprint density at radius 1 is 1.26 bits per heavy atom. The van der Waals surface area contributed by atoms with Crippen molar-refractivity contribution in [2.75, 3.05) is 12.3 Å². The van der Waals surface area contributed by atoms with Crippen LogP contribution in [0.3, 0.4) is 0 Å². The number of fused-ring (bicyclic) bond motifs is 1. The van der Waals surface area contributed by atoms with E-state index >= 15 is 0 Å². The van der Waals surface area contributed by atoms with Crippen LogP contribution >= 0.6 is 23.4 Å². The SMILES string of the molecule is C#CCNC1CCc2c(SCCc3cccc(Cl)c3)cccc21. The first-order valence-corrected chi connectivity index (χ1v) is 9.30. The summed E-state index contributed by atoms with van der Waals surface area (Å²) in [7, 11) is 0. The van der Waals surface area contributed by atoms with Crippen LogP contribution in [0.15, 0.2) is 47.4 Å². The summed E-state index contributed by atoms with van der Waals surface area (Å²) in [6.45, 7) is 0.635. The van der Waals surface area contributed by atoms with Crippen LogP contribution in [0, 0.1) is 12.3 Å². The molecule has 1 atom stereocenters. The lowest BCUT2D eigenvalue weighted by Crippen LogP contribution is -2.19. The molecule has 3 heteroatoms. The van der Waals surface area contributed by atoms with E-state index in [2.05, 4.69) is 41.6 Å². The van der Waals surface area contributed by atoms with Crippen molar-refractivity contribution in [3.05, 3.63) is 64.2 Å². The van der Waals surface area contributed by atoms with E-state index in [0.717, 1.165) is 30.0 Å². The van der Waals surface area contributed by atoms with Crippen molar-refractivity contribution < 1.29 is 0 Å². The van der Waals surface area contributed by atoms with Crippen LogP contribution in [-0.4, -0.2) is 12.3 Å². The third-order valence-electron chi connectivity index (χ3n) is 4.22. The summed E-state index contributed by atoms with van der Waals surface area (Å²) in [4.78, 5) is 1.41. The Kier molecular flexibility index (Phi) is 5.67. The number of nitrogens with one attached hydrogen (secondary N) is 1. The van der Waals surface area contributed by atoms with Gasteiger partial charge >= 0.3 is 0 Å². The van der Waals surface area contributed by atoms with Crippen molar-refractivity contribution in [3.8, 4) is 12.3 Å². The topological polar surface area (TPSA) is 12.0 Å². The maximum absolute atomic E-state index is 6.05. The normalized spacial score (nSPS) is 16.1. The van der Waals surface area contributed by atoms with E-state index in [9.17, 15) is 0 Å². The quantitative estimate of drug-likeness (QED) is 0.593. The van der Waals surface area contributed by atoms with Gasteiger partial charge in [0.1, 0.15) is 0 Å². The second-order valence-corrected chi connectivity index (χ2v) is 7.30. The Hall–Kier alpha value is -1.40. The molecule has 1 aliphatic rings. The molecule has 1 N–H and O–H groups in total. The summed E-state index contributed by atoms with van der Waals surface area (Å²) >= 11 is 7.99. The van der Waals surface area contributed by atoms with Crippen molar-refractivity contribution in [1.29, 1.82) is 0 Å². The molecule has 0 amide bonds. The van der Waals surface area contributed by atoms with Gasteiger partial charge in [0.15, 0.2) is 0 Å². The average molecular weight is 342 g/mol. The Bertz CT molecular complexity index is 720. The molecular formula is C20H20ClNS. The number of terminal acetylenes is 1. The minimum absolute atomic E-state index is 0.412. The third-order valence-corrected chi connectivity index (χ3v) is 5.55. The van der Waals surface area contributed by atoms with Gasteiger partial charge in [-0.25, -0.2) is 0 Å². The molecular weight excluding hydrogens is 322 g/mol. The fraction of sp³-hybridized carbons (Fsp3) is 0.300. The van der Waals surface area contributed by atoms with E-state index in [1.165, 1.54) is 21.6 Å². The first-order valence-electron chi connectivity index (χ1n) is 7.94. The lowest BCUT2D eigenvalue weighted by atomic mass is 10.1. The van der Waals surface area contributed by atoms with Gasteiger partial charge in [-0.05, 0) is 54.2 Å². The molecule has 3 rings (SSSR count). The smallest absolute Gasteiger partial charge is 0.0578 e. The predicted molar refractivity (Wildman–Crippen MR) is 100 cm³/mol. The number of thioether (sulfide) groups is 1. The highest BCUT2D eigenvalue weighted by Gasteiger charge is 2.23. The number of hydrogen-bond acceptors (Lipinski definition) is 2. The molecule has 1 aliphatic carbocycles. The van der Waals surface area contributed by atoms with Gasteiger partial charge in [0.2, 0.25) is 0 Å². The summed E-state index contributed by atoms with van der Waals surface area (Å²) in [6.07, 6.45) is 8.68. The van der Waals surface area contributed by atoms with Crippen molar-refractivity contribution >= 4 is 23.4 Å². The lowest BCUT2D eigenvalue weighted by Gasteiger charge is -2.13. The van der Waals surface area contributed by atoms with Gasteiger partial charge in [0, 0.05) is 21.7 Å². The summed E-state index contributed by atoms with van der Waals surface area (Å²) in [5, 5.41) is 4.26. The minimum Gasteiger partial charge on any atom is -0.299 e. The van der Waals surface area contributed by atoms with Crippen LogP contribution in [0.5, 0.6) is 0 Å². The average Bonchev–Trinajstić information content (AvgIpc) is 2.97. The van der Waals surface area contributed by atoms with E-state index < -0.39 is 0 Å². The first-order chi connectivity index (χ1) is 11.3. The maximum Gasteiger partial charge on any atom is 0.0578 e. The van der Waals surface area contributed by atoms with Gasteiger partial charge in [-0.1, -0.05) is 41.8 Å². The molecule has 0 aliphatic heterocycles.